The van der Waals surface area contributed by atoms with E-state index in [0.717, 1.165) is 30.6 Å². The van der Waals surface area contributed by atoms with Crippen molar-refractivity contribution < 1.29 is 18.0 Å². The number of carbonyl (C=O) groups is 1. The van der Waals surface area contributed by atoms with Crippen molar-refractivity contribution in [2.75, 3.05) is 13.1 Å². The van der Waals surface area contributed by atoms with Crippen molar-refractivity contribution in [3.63, 3.8) is 0 Å². The van der Waals surface area contributed by atoms with Gasteiger partial charge in [0.1, 0.15) is 5.82 Å². The molecular formula is C20H24F3N5O. The molecule has 1 amide bonds. The van der Waals surface area contributed by atoms with Gasteiger partial charge in [-0.15, -0.1) is 10.2 Å². The minimum Gasteiger partial charge on any atom is -0.346 e. The van der Waals surface area contributed by atoms with E-state index in [1.165, 1.54) is 12.1 Å². The summed E-state index contributed by atoms with van der Waals surface area (Å²) < 4.78 is 40.9. The largest absolute Gasteiger partial charge is 0.416 e. The van der Waals surface area contributed by atoms with Gasteiger partial charge in [-0.05, 0) is 31.4 Å². The van der Waals surface area contributed by atoms with E-state index in [1.54, 1.807) is 6.07 Å². The lowest BCUT2D eigenvalue weighted by molar-refractivity contribution is -0.137. The van der Waals surface area contributed by atoms with E-state index in [0.29, 0.717) is 38.2 Å². The van der Waals surface area contributed by atoms with Crippen molar-refractivity contribution >= 4 is 5.91 Å². The maximum absolute atomic E-state index is 13.0. The van der Waals surface area contributed by atoms with Crippen LogP contribution in [0.3, 0.4) is 0 Å². The first-order valence-corrected chi connectivity index (χ1v) is 9.92. The average molecular weight is 407 g/mol. The normalized spacial score (nSPS) is 18.8. The summed E-state index contributed by atoms with van der Waals surface area (Å²) in [4.78, 5) is 14.2. The zero-order chi connectivity index (χ0) is 20.6. The second-order valence-corrected chi connectivity index (χ2v) is 7.85. The highest BCUT2D eigenvalue weighted by molar-refractivity contribution is 5.81. The molecule has 1 aliphatic carbocycles. The summed E-state index contributed by atoms with van der Waals surface area (Å²) >= 11 is 0. The van der Waals surface area contributed by atoms with Crippen LogP contribution >= 0.6 is 0 Å². The van der Waals surface area contributed by atoms with Gasteiger partial charge in [-0.1, -0.05) is 18.2 Å². The van der Waals surface area contributed by atoms with Crippen molar-refractivity contribution in [1.29, 1.82) is 0 Å². The second-order valence-electron chi connectivity index (χ2n) is 7.85. The molecule has 2 heterocycles. The summed E-state index contributed by atoms with van der Waals surface area (Å²) in [7, 11) is 0. The minimum absolute atomic E-state index is 0.0645. The number of benzene rings is 1. The number of fused-ring (bicyclic) bond motifs is 1. The highest BCUT2D eigenvalue weighted by atomic mass is 19.4. The summed E-state index contributed by atoms with van der Waals surface area (Å²) in [5.74, 6) is 1.77. The van der Waals surface area contributed by atoms with Crippen molar-refractivity contribution in [3.8, 4) is 0 Å². The number of aromatic nitrogens is 3. The molecule has 1 atom stereocenters. The zero-order valence-electron chi connectivity index (χ0n) is 16.2. The molecule has 1 N–H and O–H groups in total. The molecule has 29 heavy (non-hydrogen) atoms. The van der Waals surface area contributed by atoms with Gasteiger partial charge in [0.05, 0.1) is 11.6 Å². The molecular weight excluding hydrogens is 383 g/mol. The first kappa shape index (κ1) is 19.9. The SMILES string of the molecule is C[C@@H](NC(=O)C1CC1)c1nnc2n1CCN(Cc1cccc(C(F)(F)F)c1)CC2. The Morgan fingerprint density at radius 2 is 2.03 bits per heavy atom. The molecule has 156 valence electrons. The Kier molecular flexibility index (Phi) is 5.33. The molecule has 0 unspecified atom stereocenters. The average Bonchev–Trinajstić information content (AvgIpc) is 3.47. The van der Waals surface area contributed by atoms with Gasteiger partial charge >= 0.3 is 6.18 Å². The molecule has 0 spiro atoms. The minimum atomic E-state index is -4.33. The van der Waals surface area contributed by atoms with Gasteiger partial charge in [-0.2, -0.15) is 13.2 Å². The van der Waals surface area contributed by atoms with Crippen LogP contribution in [0.5, 0.6) is 0 Å². The van der Waals surface area contributed by atoms with Crippen LogP contribution in [0, 0.1) is 5.92 Å². The molecule has 1 saturated carbocycles. The quantitative estimate of drug-likeness (QED) is 0.828. The molecule has 6 nitrogen and oxygen atoms in total. The number of rotatable bonds is 5. The second kappa shape index (κ2) is 7.78. The predicted molar refractivity (Wildman–Crippen MR) is 99.7 cm³/mol. The van der Waals surface area contributed by atoms with Crippen LogP contribution in [0.2, 0.25) is 0 Å². The monoisotopic (exact) mass is 407 g/mol. The third-order valence-electron chi connectivity index (χ3n) is 5.50. The molecule has 2 aromatic rings. The van der Waals surface area contributed by atoms with Gasteiger partial charge in [0, 0.05) is 38.5 Å². The Morgan fingerprint density at radius 3 is 2.76 bits per heavy atom. The number of alkyl halides is 3. The van der Waals surface area contributed by atoms with Crippen molar-refractivity contribution in [2.45, 2.75) is 51.5 Å². The lowest BCUT2D eigenvalue weighted by Gasteiger charge is -2.21. The topological polar surface area (TPSA) is 63.1 Å². The van der Waals surface area contributed by atoms with Crippen LogP contribution in [-0.4, -0.2) is 38.7 Å². The van der Waals surface area contributed by atoms with E-state index in [-0.39, 0.29) is 17.9 Å². The third kappa shape index (κ3) is 4.60. The van der Waals surface area contributed by atoms with E-state index in [1.807, 2.05) is 11.5 Å². The first-order valence-electron chi connectivity index (χ1n) is 9.92. The molecule has 1 aromatic carbocycles. The number of nitrogens with zero attached hydrogens (tertiary/aromatic N) is 4. The number of halogens is 3. The van der Waals surface area contributed by atoms with Gasteiger partial charge in [0.2, 0.25) is 5.91 Å². The highest BCUT2D eigenvalue weighted by Crippen LogP contribution is 2.31. The molecule has 1 aliphatic heterocycles. The maximum atomic E-state index is 13.0. The first-order chi connectivity index (χ1) is 13.8. The van der Waals surface area contributed by atoms with Crippen LogP contribution < -0.4 is 5.32 Å². The Labute approximate surface area is 167 Å². The van der Waals surface area contributed by atoms with Gasteiger partial charge in [0.25, 0.3) is 0 Å². The Balaban J connectivity index is 1.41. The number of nitrogens with one attached hydrogen (secondary N) is 1. The Bertz CT molecular complexity index is 890. The van der Waals surface area contributed by atoms with E-state index in [4.69, 9.17) is 0 Å². The van der Waals surface area contributed by atoms with Crippen LogP contribution in [0.1, 0.15) is 48.6 Å². The van der Waals surface area contributed by atoms with Gasteiger partial charge in [0.15, 0.2) is 5.82 Å². The van der Waals surface area contributed by atoms with Gasteiger partial charge in [-0.25, -0.2) is 0 Å². The molecule has 1 aromatic heterocycles. The van der Waals surface area contributed by atoms with E-state index in [2.05, 4.69) is 20.4 Å². The van der Waals surface area contributed by atoms with E-state index < -0.39 is 11.7 Å². The fourth-order valence-electron chi connectivity index (χ4n) is 3.71. The molecule has 1 fully saturated rings. The number of hydrogen-bond donors (Lipinski definition) is 1. The molecule has 2 aliphatic rings. The standard InChI is InChI=1S/C20H24F3N5O/c1-13(24-19(29)15-5-6-15)18-26-25-17-7-8-27(9-10-28(17)18)12-14-3-2-4-16(11-14)20(21,22)23/h2-4,11,13,15H,5-10,12H2,1H3,(H,24,29)/t13-/m1/s1. The van der Waals surface area contributed by atoms with Crippen LogP contribution in [0.4, 0.5) is 13.2 Å². The van der Waals surface area contributed by atoms with Gasteiger partial charge < -0.3 is 9.88 Å². The summed E-state index contributed by atoms with van der Waals surface area (Å²) in [6.45, 7) is 4.36. The fourth-order valence-corrected chi connectivity index (χ4v) is 3.71. The number of amides is 1. The lowest BCUT2D eigenvalue weighted by atomic mass is 10.1. The number of carbonyl (C=O) groups excluding carboxylic acids is 1. The predicted octanol–water partition coefficient (Wildman–Crippen LogP) is 2.94. The highest BCUT2D eigenvalue weighted by Gasteiger charge is 2.32. The fraction of sp³-hybridized carbons (Fsp3) is 0.550. The van der Waals surface area contributed by atoms with E-state index >= 15 is 0 Å². The molecule has 0 saturated heterocycles. The molecule has 0 radical (unpaired) electrons. The van der Waals surface area contributed by atoms with Crippen LogP contribution in [-0.2, 0) is 30.5 Å². The molecule has 9 heteroatoms. The van der Waals surface area contributed by atoms with Gasteiger partial charge in [-0.3, -0.25) is 9.69 Å². The summed E-state index contributed by atoms with van der Waals surface area (Å²) in [5.41, 5.74) is 0.0206. The molecule has 0 bridgehead atoms. The smallest absolute Gasteiger partial charge is 0.346 e. The van der Waals surface area contributed by atoms with Crippen LogP contribution in [0.25, 0.3) is 0 Å². The third-order valence-corrected chi connectivity index (χ3v) is 5.50. The Morgan fingerprint density at radius 1 is 1.24 bits per heavy atom. The van der Waals surface area contributed by atoms with Crippen LogP contribution in [0.15, 0.2) is 24.3 Å². The van der Waals surface area contributed by atoms with Crippen molar-refractivity contribution in [1.82, 2.24) is 25.0 Å². The number of hydrogen-bond acceptors (Lipinski definition) is 4. The summed E-state index contributed by atoms with van der Waals surface area (Å²) in [6.07, 6.45) is -1.78. The Hall–Kier alpha value is -2.42. The van der Waals surface area contributed by atoms with Crippen molar-refractivity contribution in [3.05, 3.63) is 47.0 Å². The summed E-state index contributed by atoms with van der Waals surface area (Å²) in [6, 6.07) is 5.26. The lowest BCUT2D eigenvalue weighted by Crippen LogP contribution is -2.31. The zero-order valence-corrected chi connectivity index (χ0v) is 16.2. The van der Waals surface area contributed by atoms with Crippen molar-refractivity contribution in [2.24, 2.45) is 5.92 Å². The summed E-state index contributed by atoms with van der Waals surface area (Å²) in [5, 5.41) is 11.6. The molecule has 4 rings (SSSR count). The maximum Gasteiger partial charge on any atom is 0.416 e. The van der Waals surface area contributed by atoms with E-state index in [9.17, 15) is 18.0 Å².